The first-order valence-corrected chi connectivity index (χ1v) is 5.43. The molecule has 1 N–H and O–H groups in total. The van der Waals surface area contributed by atoms with Crippen LogP contribution in [0.1, 0.15) is 10.6 Å². The van der Waals surface area contributed by atoms with Gasteiger partial charge in [0.15, 0.2) is 5.13 Å². The molecule has 1 aromatic heterocycles. The van der Waals surface area contributed by atoms with Gasteiger partial charge in [-0.05, 0) is 38.1 Å². The number of nitrogens with zero attached hydrogens (tertiary/aromatic N) is 1. The van der Waals surface area contributed by atoms with Crippen molar-refractivity contribution in [1.82, 2.24) is 4.98 Å². The van der Waals surface area contributed by atoms with Crippen LogP contribution in [0.5, 0.6) is 0 Å². The zero-order valence-corrected chi connectivity index (χ0v) is 9.36. The van der Waals surface area contributed by atoms with Crippen LogP contribution in [0, 0.1) is 19.7 Å². The third-order valence-corrected chi connectivity index (χ3v) is 3.11. The fourth-order valence-corrected chi connectivity index (χ4v) is 2.02. The molecule has 0 aliphatic carbocycles. The number of anilines is 2. The van der Waals surface area contributed by atoms with Crippen LogP contribution in [0.25, 0.3) is 0 Å². The van der Waals surface area contributed by atoms with E-state index in [1.54, 1.807) is 23.5 Å². The summed E-state index contributed by atoms with van der Waals surface area (Å²) >= 11 is 1.60. The molecule has 4 heteroatoms. The van der Waals surface area contributed by atoms with Gasteiger partial charge in [-0.1, -0.05) is 0 Å². The summed E-state index contributed by atoms with van der Waals surface area (Å²) < 4.78 is 12.7. The van der Waals surface area contributed by atoms with Gasteiger partial charge < -0.3 is 5.32 Å². The minimum Gasteiger partial charge on any atom is -0.332 e. The van der Waals surface area contributed by atoms with Crippen molar-refractivity contribution < 1.29 is 4.39 Å². The van der Waals surface area contributed by atoms with Crippen LogP contribution in [-0.2, 0) is 0 Å². The highest BCUT2D eigenvalue weighted by Gasteiger charge is 2.03. The van der Waals surface area contributed by atoms with Crippen molar-refractivity contribution in [2.75, 3.05) is 5.32 Å². The van der Waals surface area contributed by atoms with E-state index in [-0.39, 0.29) is 5.82 Å². The molecule has 1 aromatic carbocycles. The van der Waals surface area contributed by atoms with Crippen molar-refractivity contribution in [3.05, 3.63) is 40.7 Å². The van der Waals surface area contributed by atoms with Gasteiger partial charge in [-0.25, -0.2) is 9.37 Å². The van der Waals surface area contributed by atoms with Gasteiger partial charge >= 0.3 is 0 Å². The van der Waals surface area contributed by atoms with Crippen molar-refractivity contribution >= 4 is 22.2 Å². The molecule has 0 atom stereocenters. The lowest BCUT2D eigenvalue weighted by Gasteiger charge is -2.00. The molecule has 0 aliphatic rings. The molecule has 0 fully saturated rings. The molecule has 0 aliphatic heterocycles. The van der Waals surface area contributed by atoms with Crippen molar-refractivity contribution in [3.63, 3.8) is 0 Å². The van der Waals surface area contributed by atoms with Gasteiger partial charge in [0.25, 0.3) is 0 Å². The van der Waals surface area contributed by atoms with E-state index in [2.05, 4.69) is 10.3 Å². The Labute approximate surface area is 91.8 Å². The summed E-state index contributed by atoms with van der Waals surface area (Å²) in [5.74, 6) is -0.230. The molecule has 0 amide bonds. The monoisotopic (exact) mass is 222 g/mol. The molecule has 0 bridgehead atoms. The van der Waals surface area contributed by atoms with E-state index in [9.17, 15) is 4.39 Å². The van der Waals surface area contributed by atoms with Crippen molar-refractivity contribution in [1.29, 1.82) is 0 Å². The highest BCUT2D eigenvalue weighted by atomic mass is 32.1. The molecule has 0 saturated carbocycles. The van der Waals surface area contributed by atoms with Crippen LogP contribution in [0.3, 0.4) is 0 Å². The number of halogens is 1. The molecule has 0 saturated heterocycles. The summed E-state index contributed by atoms with van der Waals surface area (Å²) in [5, 5.41) is 3.98. The summed E-state index contributed by atoms with van der Waals surface area (Å²) in [6, 6.07) is 6.24. The second-order valence-electron chi connectivity index (χ2n) is 3.29. The molecule has 2 nitrogen and oxygen atoms in total. The SMILES string of the molecule is Cc1nc(Nc2ccc(F)cc2)sc1C. The molecule has 1 heterocycles. The Morgan fingerprint density at radius 1 is 1.20 bits per heavy atom. The van der Waals surface area contributed by atoms with Gasteiger partial charge in [-0.2, -0.15) is 0 Å². The summed E-state index contributed by atoms with van der Waals surface area (Å²) in [6.07, 6.45) is 0. The normalized spacial score (nSPS) is 10.3. The van der Waals surface area contributed by atoms with E-state index in [0.717, 1.165) is 16.5 Å². The smallest absolute Gasteiger partial charge is 0.187 e. The molecular formula is C11H11FN2S. The molecule has 0 unspecified atom stereocenters. The standard InChI is InChI=1S/C11H11FN2S/c1-7-8(2)15-11(13-7)14-10-5-3-9(12)4-6-10/h3-6H,1-2H3,(H,13,14). The molecular weight excluding hydrogens is 211 g/mol. The molecule has 2 rings (SSSR count). The van der Waals surface area contributed by atoms with Gasteiger partial charge in [0.2, 0.25) is 0 Å². The van der Waals surface area contributed by atoms with E-state index < -0.39 is 0 Å². The number of thiazole rings is 1. The lowest BCUT2D eigenvalue weighted by Crippen LogP contribution is -1.89. The van der Waals surface area contributed by atoms with E-state index in [4.69, 9.17) is 0 Å². The zero-order valence-electron chi connectivity index (χ0n) is 8.54. The largest absolute Gasteiger partial charge is 0.332 e. The summed E-state index contributed by atoms with van der Waals surface area (Å²) in [7, 11) is 0. The van der Waals surface area contributed by atoms with Crippen molar-refractivity contribution in [2.24, 2.45) is 0 Å². The van der Waals surface area contributed by atoms with Gasteiger partial charge in [-0.15, -0.1) is 11.3 Å². The van der Waals surface area contributed by atoms with Crippen LogP contribution in [0.4, 0.5) is 15.2 Å². The Balaban J connectivity index is 2.18. The number of benzene rings is 1. The first-order chi connectivity index (χ1) is 7.15. The van der Waals surface area contributed by atoms with Crippen LogP contribution >= 0.6 is 11.3 Å². The second-order valence-corrected chi connectivity index (χ2v) is 4.50. The van der Waals surface area contributed by atoms with Crippen molar-refractivity contribution in [3.8, 4) is 0 Å². The average molecular weight is 222 g/mol. The third-order valence-electron chi connectivity index (χ3n) is 2.12. The highest BCUT2D eigenvalue weighted by molar-refractivity contribution is 7.15. The maximum absolute atomic E-state index is 12.7. The predicted octanol–water partition coefficient (Wildman–Crippen LogP) is 3.64. The Hall–Kier alpha value is -1.42. The number of rotatable bonds is 2. The number of aryl methyl sites for hydroxylation is 2. The van der Waals surface area contributed by atoms with Gasteiger partial charge in [0.1, 0.15) is 5.82 Å². The van der Waals surface area contributed by atoms with Gasteiger partial charge in [0.05, 0.1) is 5.69 Å². The molecule has 78 valence electrons. The number of aromatic nitrogens is 1. The third kappa shape index (κ3) is 2.33. The first-order valence-electron chi connectivity index (χ1n) is 4.62. The van der Waals surface area contributed by atoms with E-state index >= 15 is 0 Å². The Morgan fingerprint density at radius 3 is 2.40 bits per heavy atom. The molecule has 0 radical (unpaired) electrons. The van der Waals surface area contributed by atoms with Crippen LogP contribution < -0.4 is 5.32 Å². The minimum atomic E-state index is -0.230. The quantitative estimate of drug-likeness (QED) is 0.839. The maximum atomic E-state index is 12.7. The first kappa shape index (κ1) is 10.1. The molecule has 2 aromatic rings. The number of hydrogen-bond acceptors (Lipinski definition) is 3. The second kappa shape index (κ2) is 3.98. The van der Waals surface area contributed by atoms with Crippen LogP contribution in [0.15, 0.2) is 24.3 Å². The van der Waals surface area contributed by atoms with E-state index in [1.807, 2.05) is 13.8 Å². The zero-order chi connectivity index (χ0) is 10.8. The van der Waals surface area contributed by atoms with Crippen LogP contribution in [0.2, 0.25) is 0 Å². The Bertz CT molecular complexity index is 442. The highest BCUT2D eigenvalue weighted by Crippen LogP contribution is 2.24. The summed E-state index contributed by atoms with van der Waals surface area (Å²) in [4.78, 5) is 5.54. The maximum Gasteiger partial charge on any atom is 0.187 e. The molecule has 0 spiro atoms. The molecule has 15 heavy (non-hydrogen) atoms. The predicted molar refractivity (Wildman–Crippen MR) is 61.3 cm³/mol. The Kier molecular flexibility index (Phi) is 2.68. The Morgan fingerprint density at radius 2 is 1.87 bits per heavy atom. The summed E-state index contributed by atoms with van der Waals surface area (Å²) in [6.45, 7) is 4.00. The van der Waals surface area contributed by atoms with E-state index in [0.29, 0.717) is 0 Å². The van der Waals surface area contributed by atoms with Crippen molar-refractivity contribution in [2.45, 2.75) is 13.8 Å². The van der Waals surface area contributed by atoms with Gasteiger partial charge in [-0.3, -0.25) is 0 Å². The fraction of sp³-hybridized carbons (Fsp3) is 0.182. The fourth-order valence-electron chi connectivity index (χ4n) is 1.18. The lowest BCUT2D eigenvalue weighted by atomic mass is 10.3. The number of nitrogens with one attached hydrogen (secondary N) is 1. The van der Waals surface area contributed by atoms with Gasteiger partial charge in [0, 0.05) is 10.6 Å². The van der Waals surface area contributed by atoms with Crippen LogP contribution in [-0.4, -0.2) is 4.98 Å². The summed E-state index contributed by atoms with van der Waals surface area (Å²) in [5.41, 5.74) is 1.88. The topological polar surface area (TPSA) is 24.9 Å². The average Bonchev–Trinajstić information content (AvgIpc) is 2.50. The minimum absolute atomic E-state index is 0.230. The van der Waals surface area contributed by atoms with E-state index in [1.165, 1.54) is 17.0 Å². The number of hydrogen-bond donors (Lipinski definition) is 1. The lowest BCUT2D eigenvalue weighted by molar-refractivity contribution is 0.628.